The monoisotopic (exact) mass is 257 g/mol. The lowest BCUT2D eigenvalue weighted by Gasteiger charge is -2.34. The summed E-state index contributed by atoms with van der Waals surface area (Å²) >= 11 is 3.55. The van der Waals surface area contributed by atoms with Crippen LogP contribution in [0, 0.1) is 0 Å². The maximum absolute atomic E-state index is 5.99. The lowest BCUT2D eigenvalue weighted by molar-refractivity contribution is 0.318. The highest BCUT2D eigenvalue weighted by molar-refractivity contribution is 9.10. The predicted molar refractivity (Wildman–Crippen MR) is 60.3 cm³/mol. The van der Waals surface area contributed by atoms with Crippen LogP contribution in [0.5, 0.6) is 0 Å². The third kappa shape index (κ3) is 1.50. The molecule has 78 valence electrons. The van der Waals surface area contributed by atoms with Crippen LogP contribution in [0.4, 0.5) is 0 Å². The molecule has 0 aliphatic heterocycles. The van der Waals surface area contributed by atoms with Crippen molar-refractivity contribution in [3.8, 4) is 0 Å². The predicted octanol–water partition coefficient (Wildman–Crippen LogP) is 2.43. The van der Waals surface area contributed by atoms with Gasteiger partial charge in [-0.25, -0.2) is 0 Å². The zero-order valence-electron chi connectivity index (χ0n) is 8.57. The van der Waals surface area contributed by atoms with E-state index in [2.05, 4.69) is 39.6 Å². The summed E-state index contributed by atoms with van der Waals surface area (Å²) in [4.78, 5) is 0. The molecule has 3 nitrogen and oxygen atoms in total. The molecule has 0 aromatic carbocycles. The number of nitrogens with zero attached hydrogens (tertiary/aromatic N) is 2. The van der Waals surface area contributed by atoms with Crippen molar-refractivity contribution in [2.45, 2.75) is 44.7 Å². The summed E-state index contributed by atoms with van der Waals surface area (Å²) in [6.07, 6.45) is 4.21. The molecule has 2 rings (SSSR count). The Balaban J connectivity index is 2.34. The van der Waals surface area contributed by atoms with Gasteiger partial charge in [0.05, 0.1) is 16.4 Å². The smallest absolute Gasteiger partial charge is 0.0635 e. The van der Waals surface area contributed by atoms with E-state index in [-0.39, 0.29) is 0 Å². The van der Waals surface area contributed by atoms with E-state index in [1.807, 2.05) is 6.20 Å². The fourth-order valence-electron chi connectivity index (χ4n) is 1.97. The molecule has 2 atom stereocenters. The summed E-state index contributed by atoms with van der Waals surface area (Å²) in [7, 11) is 0. The van der Waals surface area contributed by atoms with Crippen molar-refractivity contribution in [2.24, 2.45) is 5.73 Å². The van der Waals surface area contributed by atoms with Crippen LogP contribution >= 0.6 is 15.9 Å². The minimum Gasteiger partial charge on any atom is -0.327 e. The van der Waals surface area contributed by atoms with Crippen molar-refractivity contribution in [3.63, 3.8) is 0 Å². The summed E-state index contributed by atoms with van der Waals surface area (Å²) in [5, 5.41) is 4.37. The number of nitrogens with two attached hydrogens (primary N) is 1. The third-order valence-corrected chi connectivity index (χ3v) is 3.57. The molecule has 4 heteroatoms. The van der Waals surface area contributed by atoms with Gasteiger partial charge in [0.15, 0.2) is 0 Å². The molecule has 0 bridgehead atoms. The second-order valence-corrected chi connectivity index (χ2v) is 5.12. The molecule has 1 aromatic heterocycles. The van der Waals surface area contributed by atoms with Gasteiger partial charge < -0.3 is 5.73 Å². The topological polar surface area (TPSA) is 43.8 Å². The van der Waals surface area contributed by atoms with Gasteiger partial charge in [-0.3, -0.25) is 4.68 Å². The number of aromatic nitrogens is 2. The molecule has 1 aliphatic carbocycles. The van der Waals surface area contributed by atoms with Crippen LogP contribution in [-0.2, 0) is 0 Å². The fraction of sp³-hybridized carbons (Fsp3) is 0.700. The van der Waals surface area contributed by atoms with Crippen molar-refractivity contribution in [1.82, 2.24) is 9.78 Å². The van der Waals surface area contributed by atoms with Gasteiger partial charge in [0.25, 0.3) is 0 Å². The summed E-state index contributed by atoms with van der Waals surface area (Å²) in [5.41, 5.74) is 7.27. The van der Waals surface area contributed by atoms with E-state index in [1.165, 1.54) is 12.1 Å². The SMILES string of the molecule is CC(C)n1ncc(Br)c1C1CCC1N. The normalized spacial score (nSPS) is 26.6. The Hall–Kier alpha value is -0.350. The Bertz CT molecular complexity index is 332. The molecule has 1 aromatic rings. The van der Waals surface area contributed by atoms with Crippen molar-refractivity contribution < 1.29 is 0 Å². The highest BCUT2D eigenvalue weighted by Crippen LogP contribution is 2.39. The van der Waals surface area contributed by atoms with Gasteiger partial charge in [-0.05, 0) is 42.6 Å². The molecule has 2 N–H and O–H groups in total. The second kappa shape index (κ2) is 3.66. The average Bonchev–Trinajstić information content (AvgIpc) is 2.46. The van der Waals surface area contributed by atoms with Crippen LogP contribution in [0.15, 0.2) is 10.7 Å². The third-order valence-electron chi connectivity index (χ3n) is 2.96. The Morgan fingerprint density at radius 3 is 2.71 bits per heavy atom. The standard InChI is InChI=1S/C10H16BrN3/c1-6(2)14-10(8(11)5-13-14)7-3-4-9(7)12/h5-7,9H,3-4,12H2,1-2H3. The first-order valence-electron chi connectivity index (χ1n) is 5.09. The van der Waals surface area contributed by atoms with E-state index in [1.54, 1.807) is 0 Å². The number of rotatable bonds is 2. The Morgan fingerprint density at radius 1 is 1.57 bits per heavy atom. The van der Waals surface area contributed by atoms with Gasteiger partial charge in [-0.15, -0.1) is 0 Å². The van der Waals surface area contributed by atoms with Crippen molar-refractivity contribution in [3.05, 3.63) is 16.4 Å². The van der Waals surface area contributed by atoms with Gasteiger partial charge in [0.1, 0.15) is 0 Å². The summed E-state index contributed by atoms with van der Waals surface area (Å²) < 4.78 is 3.18. The zero-order valence-corrected chi connectivity index (χ0v) is 10.2. The van der Waals surface area contributed by atoms with Gasteiger partial charge in [0.2, 0.25) is 0 Å². The minimum atomic E-state index is 0.320. The average molecular weight is 258 g/mol. The van der Waals surface area contributed by atoms with Crippen molar-refractivity contribution in [2.75, 3.05) is 0 Å². The molecule has 1 saturated carbocycles. The minimum absolute atomic E-state index is 0.320. The molecule has 14 heavy (non-hydrogen) atoms. The molecule has 1 heterocycles. The van der Waals surface area contributed by atoms with E-state index in [0.29, 0.717) is 18.0 Å². The first-order valence-corrected chi connectivity index (χ1v) is 5.89. The van der Waals surface area contributed by atoms with E-state index < -0.39 is 0 Å². The molecule has 2 unspecified atom stereocenters. The number of hydrogen-bond acceptors (Lipinski definition) is 2. The molecule has 1 aliphatic rings. The quantitative estimate of drug-likeness (QED) is 0.885. The van der Waals surface area contributed by atoms with Crippen LogP contribution in [0.3, 0.4) is 0 Å². The Labute approximate surface area is 92.8 Å². The maximum Gasteiger partial charge on any atom is 0.0635 e. The first-order chi connectivity index (χ1) is 6.61. The van der Waals surface area contributed by atoms with Crippen LogP contribution in [-0.4, -0.2) is 15.8 Å². The van der Waals surface area contributed by atoms with Crippen LogP contribution in [0.25, 0.3) is 0 Å². The summed E-state index contributed by atoms with van der Waals surface area (Å²) in [6.45, 7) is 4.29. The van der Waals surface area contributed by atoms with Crippen molar-refractivity contribution in [1.29, 1.82) is 0 Å². The maximum atomic E-state index is 5.99. The summed E-state index contributed by atoms with van der Waals surface area (Å²) in [5.74, 6) is 0.495. The Kier molecular flexibility index (Phi) is 2.66. The molecule has 0 saturated heterocycles. The van der Waals surface area contributed by atoms with Crippen LogP contribution in [0.1, 0.15) is 44.3 Å². The Morgan fingerprint density at radius 2 is 2.29 bits per heavy atom. The van der Waals surface area contributed by atoms with E-state index >= 15 is 0 Å². The highest BCUT2D eigenvalue weighted by Gasteiger charge is 2.33. The fourth-order valence-corrected chi connectivity index (χ4v) is 2.54. The van der Waals surface area contributed by atoms with Gasteiger partial charge in [0, 0.05) is 18.0 Å². The second-order valence-electron chi connectivity index (χ2n) is 4.26. The molecule has 0 amide bonds. The van der Waals surface area contributed by atoms with Gasteiger partial charge in [-0.1, -0.05) is 0 Å². The molecular weight excluding hydrogens is 242 g/mol. The van der Waals surface area contributed by atoms with Crippen LogP contribution < -0.4 is 5.73 Å². The molecule has 0 radical (unpaired) electrons. The summed E-state index contributed by atoms with van der Waals surface area (Å²) in [6, 6.07) is 0.726. The largest absolute Gasteiger partial charge is 0.327 e. The number of halogens is 1. The first kappa shape index (κ1) is 10.2. The van der Waals surface area contributed by atoms with Crippen molar-refractivity contribution >= 4 is 15.9 Å². The van der Waals surface area contributed by atoms with Crippen LogP contribution in [0.2, 0.25) is 0 Å². The molecular formula is C10H16BrN3. The highest BCUT2D eigenvalue weighted by atomic mass is 79.9. The van der Waals surface area contributed by atoms with E-state index in [4.69, 9.17) is 5.73 Å². The molecule has 1 fully saturated rings. The van der Waals surface area contributed by atoms with Gasteiger partial charge in [-0.2, -0.15) is 5.10 Å². The van der Waals surface area contributed by atoms with Gasteiger partial charge >= 0.3 is 0 Å². The lowest BCUT2D eigenvalue weighted by atomic mass is 9.78. The zero-order chi connectivity index (χ0) is 10.3. The number of hydrogen-bond donors (Lipinski definition) is 1. The lowest BCUT2D eigenvalue weighted by Crippen LogP contribution is -2.38. The van der Waals surface area contributed by atoms with E-state index in [0.717, 1.165) is 10.9 Å². The van der Waals surface area contributed by atoms with E-state index in [9.17, 15) is 0 Å². The molecule has 0 spiro atoms.